The molecule has 1 aromatic heterocycles. The first-order valence-corrected chi connectivity index (χ1v) is 6.78. The Kier molecular flexibility index (Phi) is 4.42. The molecule has 5 heteroatoms. The number of rotatable bonds is 4. The van der Waals surface area contributed by atoms with Crippen LogP contribution in [0.25, 0.3) is 0 Å². The maximum Gasteiger partial charge on any atom is 0.291 e. The van der Waals surface area contributed by atoms with Crippen LogP contribution in [0.5, 0.6) is 0 Å². The molecule has 0 aliphatic rings. The zero-order valence-corrected chi connectivity index (χ0v) is 12.3. The second-order valence-electron chi connectivity index (χ2n) is 4.77. The van der Waals surface area contributed by atoms with E-state index >= 15 is 0 Å². The Labute approximate surface area is 123 Å². The van der Waals surface area contributed by atoms with Gasteiger partial charge in [-0.15, -0.1) is 0 Å². The fraction of sp³-hybridized carbons (Fsp3) is 0.250. The highest BCUT2D eigenvalue weighted by Gasteiger charge is 2.12. The Balaban J connectivity index is 2.24. The van der Waals surface area contributed by atoms with Gasteiger partial charge in [0.05, 0.1) is 0 Å². The van der Waals surface area contributed by atoms with Crippen LogP contribution in [-0.2, 0) is 11.2 Å². The van der Waals surface area contributed by atoms with Gasteiger partial charge in [-0.2, -0.15) is 0 Å². The third kappa shape index (κ3) is 3.72. The molecule has 0 atom stereocenters. The van der Waals surface area contributed by atoms with Crippen LogP contribution in [0.1, 0.15) is 35.7 Å². The Bertz CT molecular complexity index is 674. The first-order valence-electron chi connectivity index (χ1n) is 6.78. The van der Waals surface area contributed by atoms with Crippen LogP contribution in [0, 0.1) is 6.92 Å². The number of amides is 2. The lowest BCUT2D eigenvalue weighted by atomic mass is 10.1. The largest absolute Gasteiger partial charge is 0.456 e. The maximum atomic E-state index is 12.1. The number of aryl methyl sites for hydroxylation is 2. The minimum Gasteiger partial charge on any atom is -0.456 e. The molecule has 2 amide bonds. The molecule has 0 radical (unpaired) electrons. The summed E-state index contributed by atoms with van der Waals surface area (Å²) < 4.78 is 5.30. The number of carbonyl (C=O) groups excluding carboxylic acids is 2. The van der Waals surface area contributed by atoms with E-state index in [-0.39, 0.29) is 17.6 Å². The molecule has 0 unspecified atom stereocenters. The zero-order chi connectivity index (χ0) is 15.4. The number of nitrogens with one attached hydrogen (secondary N) is 2. The van der Waals surface area contributed by atoms with Crippen LogP contribution in [0.4, 0.5) is 11.4 Å². The van der Waals surface area contributed by atoms with Crippen molar-refractivity contribution in [2.24, 2.45) is 0 Å². The first-order chi connectivity index (χ1) is 9.99. The molecular weight excluding hydrogens is 268 g/mol. The number of hydrogen-bond acceptors (Lipinski definition) is 3. The monoisotopic (exact) mass is 286 g/mol. The van der Waals surface area contributed by atoms with Gasteiger partial charge in [0, 0.05) is 18.3 Å². The van der Waals surface area contributed by atoms with Gasteiger partial charge in [0.15, 0.2) is 5.76 Å². The lowest BCUT2D eigenvalue weighted by molar-refractivity contribution is -0.114. The molecule has 1 heterocycles. The summed E-state index contributed by atoms with van der Waals surface area (Å²) in [6.45, 7) is 5.23. The zero-order valence-electron chi connectivity index (χ0n) is 12.3. The van der Waals surface area contributed by atoms with Crippen molar-refractivity contribution in [3.05, 3.63) is 47.4 Å². The molecule has 2 N–H and O–H groups in total. The third-order valence-electron chi connectivity index (χ3n) is 3.02. The minimum atomic E-state index is -0.308. The quantitative estimate of drug-likeness (QED) is 0.905. The third-order valence-corrected chi connectivity index (χ3v) is 3.02. The van der Waals surface area contributed by atoms with Gasteiger partial charge >= 0.3 is 0 Å². The van der Waals surface area contributed by atoms with Crippen LogP contribution < -0.4 is 10.6 Å². The number of carbonyl (C=O) groups is 2. The SMILES string of the molecule is CCc1ccc(NC(C)=O)cc1NC(=O)c1ccc(C)o1. The van der Waals surface area contributed by atoms with Gasteiger partial charge in [-0.25, -0.2) is 0 Å². The molecule has 1 aromatic carbocycles. The molecule has 110 valence electrons. The Morgan fingerprint density at radius 1 is 1.14 bits per heavy atom. The summed E-state index contributed by atoms with van der Waals surface area (Å²) in [5.74, 6) is 0.485. The fourth-order valence-electron chi connectivity index (χ4n) is 2.02. The normalized spacial score (nSPS) is 10.2. The van der Waals surface area contributed by atoms with Crippen LogP contribution in [0.3, 0.4) is 0 Å². The van der Waals surface area contributed by atoms with Gasteiger partial charge in [0.2, 0.25) is 5.91 Å². The van der Waals surface area contributed by atoms with Crippen LogP contribution in [0.2, 0.25) is 0 Å². The van der Waals surface area contributed by atoms with E-state index in [0.717, 1.165) is 12.0 Å². The molecule has 21 heavy (non-hydrogen) atoms. The minimum absolute atomic E-state index is 0.154. The Morgan fingerprint density at radius 2 is 1.90 bits per heavy atom. The van der Waals surface area contributed by atoms with Crippen molar-refractivity contribution in [2.75, 3.05) is 10.6 Å². The number of hydrogen-bond donors (Lipinski definition) is 2. The topological polar surface area (TPSA) is 71.3 Å². The second-order valence-corrected chi connectivity index (χ2v) is 4.77. The van der Waals surface area contributed by atoms with E-state index in [4.69, 9.17) is 4.42 Å². The first kappa shape index (κ1) is 14.8. The van der Waals surface area contributed by atoms with E-state index in [1.807, 2.05) is 19.1 Å². The molecule has 0 aliphatic heterocycles. The average Bonchev–Trinajstić information content (AvgIpc) is 2.85. The fourth-order valence-corrected chi connectivity index (χ4v) is 2.02. The molecule has 2 rings (SSSR count). The predicted octanol–water partition coefficient (Wildman–Crippen LogP) is 3.36. The lowest BCUT2D eigenvalue weighted by Crippen LogP contribution is -2.13. The molecule has 2 aromatic rings. The van der Waals surface area contributed by atoms with Crippen molar-refractivity contribution in [3.8, 4) is 0 Å². The van der Waals surface area contributed by atoms with Crippen molar-refractivity contribution >= 4 is 23.2 Å². The lowest BCUT2D eigenvalue weighted by Gasteiger charge is -2.11. The van der Waals surface area contributed by atoms with E-state index in [2.05, 4.69) is 10.6 Å². The predicted molar refractivity (Wildman–Crippen MR) is 81.5 cm³/mol. The average molecular weight is 286 g/mol. The van der Waals surface area contributed by atoms with Gasteiger partial charge in [-0.3, -0.25) is 9.59 Å². The summed E-state index contributed by atoms with van der Waals surface area (Å²) in [6.07, 6.45) is 0.771. The molecule has 0 bridgehead atoms. The van der Waals surface area contributed by atoms with Crippen LogP contribution in [-0.4, -0.2) is 11.8 Å². The molecule has 0 spiro atoms. The molecule has 0 fully saturated rings. The standard InChI is InChI=1S/C16H18N2O3/c1-4-12-6-7-13(17-11(3)19)9-14(12)18-16(20)15-8-5-10(2)21-15/h5-9H,4H2,1-3H3,(H,17,19)(H,18,20). The molecule has 5 nitrogen and oxygen atoms in total. The van der Waals surface area contributed by atoms with E-state index in [1.165, 1.54) is 6.92 Å². The van der Waals surface area contributed by atoms with Gasteiger partial charge < -0.3 is 15.1 Å². The van der Waals surface area contributed by atoms with Gasteiger partial charge in [0.1, 0.15) is 5.76 Å². The molecule has 0 saturated heterocycles. The smallest absolute Gasteiger partial charge is 0.291 e. The van der Waals surface area contributed by atoms with E-state index in [0.29, 0.717) is 17.1 Å². The number of furan rings is 1. The summed E-state index contributed by atoms with van der Waals surface area (Å²) in [7, 11) is 0. The van der Waals surface area contributed by atoms with E-state index in [9.17, 15) is 9.59 Å². The highest BCUT2D eigenvalue weighted by molar-refractivity contribution is 6.03. The van der Waals surface area contributed by atoms with Crippen LogP contribution in [0.15, 0.2) is 34.7 Å². The summed E-state index contributed by atoms with van der Waals surface area (Å²) in [5.41, 5.74) is 2.30. The second kappa shape index (κ2) is 6.26. The summed E-state index contributed by atoms with van der Waals surface area (Å²) in [4.78, 5) is 23.2. The van der Waals surface area contributed by atoms with E-state index in [1.54, 1.807) is 25.1 Å². The Hall–Kier alpha value is -2.56. The van der Waals surface area contributed by atoms with Gasteiger partial charge in [-0.05, 0) is 43.2 Å². The van der Waals surface area contributed by atoms with Crippen molar-refractivity contribution in [1.82, 2.24) is 0 Å². The Morgan fingerprint density at radius 3 is 2.48 bits per heavy atom. The number of benzene rings is 1. The van der Waals surface area contributed by atoms with Crippen LogP contribution >= 0.6 is 0 Å². The summed E-state index contributed by atoms with van der Waals surface area (Å²) >= 11 is 0. The van der Waals surface area contributed by atoms with Crippen molar-refractivity contribution in [3.63, 3.8) is 0 Å². The van der Waals surface area contributed by atoms with Crippen molar-refractivity contribution in [2.45, 2.75) is 27.2 Å². The number of anilines is 2. The maximum absolute atomic E-state index is 12.1. The highest BCUT2D eigenvalue weighted by atomic mass is 16.3. The van der Waals surface area contributed by atoms with Crippen molar-refractivity contribution < 1.29 is 14.0 Å². The highest BCUT2D eigenvalue weighted by Crippen LogP contribution is 2.22. The summed E-state index contributed by atoms with van der Waals surface area (Å²) in [5, 5.41) is 5.52. The molecule has 0 aliphatic carbocycles. The molecular formula is C16H18N2O3. The van der Waals surface area contributed by atoms with E-state index < -0.39 is 0 Å². The van der Waals surface area contributed by atoms with Crippen molar-refractivity contribution in [1.29, 1.82) is 0 Å². The van der Waals surface area contributed by atoms with Gasteiger partial charge in [0.25, 0.3) is 5.91 Å². The molecule has 0 saturated carbocycles. The van der Waals surface area contributed by atoms with Gasteiger partial charge in [-0.1, -0.05) is 13.0 Å². The summed E-state index contributed by atoms with van der Waals surface area (Å²) in [6, 6.07) is 8.81.